The Bertz CT molecular complexity index is 710. The van der Waals surface area contributed by atoms with E-state index in [1.54, 1.807) is 0 Å². The molecule has 3 aromatic rings. The van der Waals surface area contributed by atoms with Crippen LogP contribution in [0, 0.1) is 6.92 Å². The molecule has 0 aliphatic carbocycles. The van der Waals surface area contributed by atoms with Crippen molar-refractivity contribution in [1.29, 1.82) is 0 Å². The Labute approximate surface area is 129 Å². The molecular weight excluding hydrogens is 282 g/mol. The summed E-state index contributed by atoms with van der Waals surface area (Å²) in [6.45, 7) is 5.00. The van der Waals surface area contributed by atoms with Crippen molar-refractivity contribution < 1.29 is 4.42 Å². The van der Waals surface area contributed by atoms with Crippen molar-refractivity contribution in [2.75, 3.05) is 6.54 Å². The Morgan fingerprint density at radius 2 is 1.95 bits per heavy atom. The van der Waals surface area contributed by atoms with Crippen molar-refractivity contribution in [2.45, 2.75) is 19.9 Å². The van der Waals surface area contributed by atoms with Gasteiger partial charge in [-0.1, -0.05) is 42.8 Å². The van der Waals surface area contributed by atoms with Crippen LogP contribution in [0.5, 0.6) is 0 Å². The maximum atomic E-state index is 6.20. The van der Waals surface area contributed by atoms with Gasteiger partial charge in [-0.25, -0.2) is 0 Å². The van der Waals surface area contributed by atoms with E-state index in [1.807, 2.05) is 30.3 Å². The Hall–Kier alpha value is -1.77. The maximum absolute atomic E-state index is 6.20. The van der Waals surface area contributed by atoms with Crippen LogP contribution in [0.4, 0.5) is 0 Å². The molecular formula is C18H18ClNO. The van der Waals surface area contributed by atoms with Gasteiger partial charge in [-0.15, -0.1) is 0 Å². The smallest absolute Gasteiger partial charge is 0.134 e. The van der Waals surface area contributed by atoms with Crippen LogP contribution in [0.3, 0.4) is 0 Å². The third kappa shape index (κ3) is 2.97. The molecule has 0 radical (unpaired) electrons. The summed E-state index contributed by atoms with van der Waals surface area (Å²) in [7, 11) is 0. The van der Waals surface area contributed by atoms with E-state index in [2.05, 4.69) is 37.4 Å². The molecule has 3 heteroatoms. The van der Waals surface area contributed by atoms with E-state index in [4.69, 9.17) is 16.0 Å². The molecule has 21 heavy (non-hydrogen) atoms. The van der Waals surface area contributed by atoms with Gasteiger partial charge in [0.05, 0.1) is 6.04 Å². The molecule has 1 aromatic heterocycles. The first-order chi connectivity index (χ1) is 10.2. The number of para-hydroxylation sites is 1. The lowest BCUT2D eigenvalue weighted by Crippen LogP contribution is -2.21. The molecule has 0 bridgehead atoms. The normalized spacial score (nSPS) is 12.7. The molecule has 1 unspecified atom stereocenters. The summed E-state index contributed by atoms with van der Waals surface area (Å²) in [5.74, 6) is 0.916. The number of halogens is 1. The van der Waals surface area contributed by atoms with Crippen LogP contribution in [0.2, 0.25) is 5.02 Å². The van der Waals surface area contributed by atoms with Gasteiger partial charge in [0, 0.05) is 10.4 Å². The van der Waals surface area contributed by atoms with E-state index in [0.29, 0.717) is 0 Å². The lowest BCUT2D eigenvalue weighted by Gasteiger charge is -2.17. The number of furan rings is 1. The van der Waals surface area contributed by atoms with Gasteiger partial charge in [0.25, 0.3) is 0 Å². The largest absolute Gasteiger partial charge is 0.459 e. The highest BCUT2D eigenvalue weighted by Crippen LogP contribution is 2.30. The van der Waals surface area contributed by atoms with E-state index in [-0.39, 0.29) is 6.04 Å². The summed E-state index contributed by atoms with van der Waals surface area (Å²) in [6, 6.07) is 16.3. The molecule has 0 spiro atoms. The fourth-order valence-electron chi connectivity index (χ4n) is 2.66. The zero-order valence-corrected chi connectivity index (χ0v) is 12.9. The average molecular weight is 300 g/mol. The zero-order chi connectivity index (χ0) is 14.8. The number of fused-ring (bicyclic) bond motifs is 1. The summed E-state index contributed by atoms with van der Waals surface area (Å²) in [6.07, 6.45) is 0. The number of hydrogen-bond donors (Lipinski definition) is 1. The van der Waals surface area contributed by atoms with Gasteiger partial charge in [-0.05, 0) is 48.9 Å². The molecule has 2 nitrogen and oxygen atoms in total. The second-order valence-corrected chi connectivity index (χ2v) is 5.68. The summed E-state index contributed by atoms with van der Waals surface area (Å²) >= 11 is 6.20. The molecule has 0 aliphatic heterocycles. The molecule has 0 fully saturated rings. The van der Waals surface area contributed by atoms with Crippen molar-refractivity contribution in [2.24, 2.45) is 0 Å². The van der Waals surface area contributed by atoms with Crippen molar-refractivity contribution in [3.63, 3.8) is 0 Å². The van der Waals surface area contributed by atoms with Gasteiger partial charge in [-0.2, -0.15) is 0 Å². The van der Waals surface area contributed by atoms with Crippen LogP contribution in [-0.2, 0) is 0 Å². The van der Waals surface area contributed by atoms with Gasteiger partial charge in [-0.3, -0.25) is 0 Å². The fourth-order valence-corrected chi connectivity index (χ4v) is 2.96. The van der Waals surface area contributed by atoms with Crippen LogP contribution in [0.1, 0.15) is 29.9 Å². The van der Waals surface area contributed by atoms with Gasteiger partial charge >= 0.3 is 0 Å². The molecule has 0 saturated carbocycles. The minimum Gasteiger partial charge on any atom is -0.459 e. The standard InChI is InChI=1S/C18H18ClNO/c1-3-20-18(14-8-12(2)9-15(19)10-14)17-11-13-6-4-5-7-16(13)21-17/h4-11,18,20H,3H2,1-2H3. The minimum absolute atomic E-state index is 0.0137. The SMILES string of the molecule is CCNC(c1cc(C)cc(Cl)c1)c1cc2ccccc2o1. The Morgan fingerprint density at radius 1 is 1.14 bits per heavy atom. The second kappa shape index (κ2) is 5.92. The topological polar surface area (TPSA) is 25.2 Å². The molecule has 108 valence electrons. The number of nitrogens with one attached hydrogen (secondary N) is 1. The van der Waals surface area contributed by atoms with Crippen LogP contribution >= 0.6 is 11.6 Å². The quantitative estimate of drug-likeness (QED) is 0.725. The molecule has 2 aromatic carbocycles. The van der Waals surface area contributed by atoms with Crippen molar-refractivity contribution in [1.82, 2.24) is 5.32 Å². The van der Waals surface area contributed by atoms with Gasteiger partial charge in [0.15, 0.2) is 0 Å². The first-order valence-corrected chi connectivity index (χ1v) is 7.54. The molecule has 1 atom stereocenters. The summed E-state index contributed by atoms with van der Waals surface area (Å²) in [5.41, 5.74) is 3.19. The fraction of sp³-hybridized carbons (Fsp3) is 0.222. The Balaban J connectivity index is 2.08. The molecule has 1 heterocycles. The van der Waals surface area contributed by atoms with Crippen LogP contribution in [-0.4, -0.2) is 6.54 Å². The molecule has 0 amide bonds. The predicted molar refractivity (Wildman–Crippen MR) is 87.9 cm³/mol. The van der Waals surface area contributed by atoms with E-state index < -0.39 is 0 Å². The number of aryl methyl sites for hydroxylation is 1. The lowest BCUT2D eigenvalue weighted by atomic mass is 10.0. The third-order valence-electron chi connectivity index (χ3n) is 3.54. The minimum atomic E-state index is 0.0137. The van der Waals surface area contributed by atoms with Gasteiger partial charge in [0.2, 0.25) is 0 Å². The molecule has 0 aliphatic rings. The summed E-state index contributed by atoms with van der Waals surface area (Å²) in [4.78, 5) is 0. The Morgan fingerprint density at radius 3 is 2.67 bits per heavy atom. The van der Waals surface area contributed by atoms with Gasteiger partial charge in [0.1, 0.15) is 11.3 Å². The van der Waals surface area contributed by atoms with Gasteiger partial charge < -0.3 is 9.73 Å². The first kappa shape index (κ1) is 14.2. The van der Waals surface area contributed by atoms with Crippen LogP contribution < -0.4 is 5.32 Å². The highest BCUT2D eigenvalue weighted by molar-refractivity contribution is 6.30. The average Bonchev–Trinajstić information content (AvgIpc) is 2.87. The molecule has 0 saturated heterocycles. The second-order valence-electron chi connectivity index (χ2n) is 5.24. The Kier molecular flexibility index (Phi) is 4.00. The van der Waals surface area contributed by atoms with Crippen molar-refractivity contribution in [3.05, 3.63) is 70.4 Å². The van der Waals surface area contributed by atoms with Crippen molar-refractivity contribution >= 4 is 22.6 Å². The zero-order valence-electron chi connectivity index (χ0n) is 12.2. The molecule has 1 N–H and O–H groups in total. The van der Waals surface area contributed by atoms with E-state index in [9.17, 15) is 0 Å². The predicted octanol–water partition coefficient (Wildman–Crippen LogP) is 5.09. The van der Waals surface area contributed by atoms with E-state index in [0.717, 1.165) is 39.4 Å². The van der Waals surface area contributed by atoms with Crippen LogP contribution in [0.25, 0.3) is 11.0 Å². The summed E-state index contributed by atoms with van der Waals surface area (Å²) in [5, 5.41) is 5.35. The van der Waals surface area contributed by atoms with E-state index >= 15 is 0 Å². The molecule has 3 rings (SSSR count). The highest BCUT2D eigenvalue weighted by atomic mass is 35.5. The number of rotatable bonds is 4. The highest BCUT2D eigenvalue weighted by Gasteiger charge is 2.18. The third-order valence-corrected chi connectivity index (χ3v) is 3.75. The monoisotopic (exact) mass is 299 g/mol. The summed E-state index contributed by atoms with van der Waals surface area (Å²) < 4.78 is 6.01. The van der Waals surface area contributed by atoms with Crippen LogP contribution in [0.15, 0.2) is 52.9 Å². The lowest BCUT2D eigenvalue weighted by molar-refractivity contribution is 0.477. The number of benzene rings is 2. The van der Waals surface area contributed by atoms with Crippen molar-refractivity contribution in [3.8, 4) is 0 Å². The number of hydrogen-bond acceptors (Lipinski definition) is 2. The van der Waals surface area contributed by atoms with E-state index in [1.165, 1.54) is 0 Å². The maximum Gasteiger partial charge on any atom is 0.134 e. The first-order valence-electron chi connectivity index (χ1n) is 7.16.